The van der Waals surface area contributed by atoms with Crippen molar-refractivity contribution < 1.29 is 17.7 Å². The molecule has 0 aliphatic carbocycles. The van der Waals surface area contributed by atoms with Crippen molar-refractivity contribution in [3.8, 4) is 0 Å². The van der Waals surface area contributed by atoms with E-state index in [0.717, 1.165) is 19.7 Å². The average molecular weight is 408 g/mol. The molecule has 0 aromatic heterocycles. The van der Waals surface area contributed by atoms with Crippen molar-refractivity contribution in [1.82, 2.24) is 5.32 Å². The third kappa shape index (κ3) is 25.8. The van der Waals surface area contributed by atoms with E-state index in [4.69, 9.17) is 9.29 Å². The zero-order chi connectivity index (χ0) is 20.2. The second-order valence-corrected chi connectivity index (χ2v) is 9.28. The van der Waals surface area contributed by atoms with Crippen LogP contribution >= 0.6 is 0 Å². The number of hydrogen-bond donors (Lipinski definition) is 2. The minimum Gasteiger partial charge on any atom is -0.376 e. The van der Waals surface area contributed by atoms with E-state index in [-0.39, 0.29) is 0 Å². The van der Waals surface area contributed by atoms with Crippen molar-refractivity contribution in [2.24, 2.45) is 0 Å². The number of nitrogens with one attached hydrogen (secondary N) is 1. The molecular formula is C21H45NO4S. The molecule has 1 aliphatic heterocycles. The quantitative estimate of drug-likeness (QED) is 0.283. The first kappa shape index (κ1) is 26.8. The molecule has 27 heavy (non-hydrogen) atoms. The summed E-state index contributed by atoms with van der Waals surface area (Å²) in [6.45, 7) is 5.30. The highest BCUT2D eigenvalue weighted by Crippen LogP contribution is 2.14. The molecule has 0 saturated carbocycles. The summed E-state index contributed by atoms with van der Waals surface area (Å²) in [5.41, 5.74) is 0. The highest BCUT2D eigenvalue weighted by Gasteiger charge is 2.11. The maximum Gasteiger partial charge on any atom is 0.261 e. The third-order valence-corrected chi connectivity index (χ3v) is 4.88. The molecule has 0 amide bonds. The molecule has 164 valence electrons. The van der Waals surface area contributed by atoms with E-state index in [1.165, 1.54) is 96.3 Å². The van der Waals surface area contributed by atoms with E-state index in [1.807, 2.05) is 0 Å². The molecule has 1 aliphatic rings. The van der Waals surface area contributed by atoms with Crippen LogP contribution in [0.4, 0.5) is 0 Å². The Labute approximate surface area is 168 Å². The zero-order valence-electron chi connectivity index (χ0n) is 17.9. The van der Waals surface area contributed by atoms with Crippen LogP contribution in [0.3, 0.4) is 0 Å². The van der Waals surface area contributed by atoms with Gasteiger partial charge in [0, 0.05) is 13.1 Å². The van der Waals surface area contributed by atoms with Crippen LogP contribution in [0.15, 0.2) is 0 Å². The van der Waals surface area contributed by atoms with Crippen molar-refractivity contribution in [3.63, 3.8) is 0 Å². The minimum absolute atomic E-state index is 0.492. The lowest BCUT2D eigenvalue weighted by Crippen LogP contribution is -2.38. The number of ether oxygens (including phenoxy) is 1. The third-order valence-electron chi connectivity index (χ3n) is 4.88. The summed E-state index contributed by atoms with van der Waals surface area (Å²) in [4.78, 5) is 0. The molecule has 1 rings (SSSR count). The fourth-order valence-electron chi connectivity index (χ4n) is 3.37. The van der Waals surface area contributed by atoms with Crippen LogP contribution < -0.4 is 5.32 Å². The van der Waals surface area contributed by atoms with Gasteiger partial charge in [0.25, 0.3) is 10.1 Å². The lowest BCUT2D eigenvalue weighted by molar-refractivity contribution is 0.0220. The molecule has 0 aromatic rings. The summed E-state index contributed by atoms with van der Waals surface area (Å²) in [5.74, 6) is 0. The summed E-state index contributed by atoms with van der Waals surface area (Å²) >= 11 is 0. The smallest absolute Gasteiger partial charge is 0.261 e. The first-order valence-corrected chi connectivity index (χ1v) is 13.0. The van der Waals surface area contributed by atoms with Gasteiger partial charge in [-0.25, -0.2) is 0 Å². The van der Waals surface area contributed by atoms with Crippen LogP contribution in [0.5, 0.6) is 0 Å². The van der Waals surface area contributed by atoms with Gasteiger partial charge in [-0.2, -0.15) is 8.42 Å². The first-order chi connectivity index (χ1) is 12.9. The Bertz CT molecular complexity index is 387. The van der Waals surface area contributed by atoms with E-state index in [2.05, 4.69) is 12.2 Å². The van der Waals surface area contributed by atoms with Gasteiger partial charge in [-0.1, -0.05) is 96.8 Å². The fourth-order valence-corrected chi connectivity index (χ4v) is 3.37. The predicted octanol–water partition coefficient (Wildman–Crippen LogP) is 5.35. The molecule has 1 unspecified atom stereocenters. The van der Waals surface area contributed by atoms with E-state index in [1.54, 1.807) is 0 Å². The molecule has 6 heteroatoms. The van der Waals surface area contributed by atoms with Gasteiger partial charge in [0.05, 0.1) is 19.0 Å². The lowest BCUT2D eigenvalue weighted by Gasteiger charge is -2.23. The van der Waals surface area contributed by atoms with Gasteiger partial charge in [0.15, 0.2) is 0 Å². The summed E-state index contributed by atoms with van der Waals surface area (Å²) < 4.78 is 31.6. The van der Waals surface area contributed by atoms with Crippen LogP contribution in [0, 0.1) is 0 Å². The number of unbranched alkanes of at least 4 members (excludes halogenated alkanes) is 13. The molecule has 0 bridgehead atoms. The molecule has 2 N–H and O–H groups in total. The maximum absolute atomic E-state index is 9.19. The Hall–Kier alpha value is -0.170. The Kier molecular flexibility index (Phi) is 19.0. The summed E-state index contributed by atoms with van der Waals surface area (Å²) in [6, 6.07) is 0. The topological polar surface area (TPSA) is 75.6 Å². The Morgan fingerprint density at radius 3 is 1.63 bits per heavy atom. The van der Waals surface area contributed by atoms with Gasteiger partial charge in [0.1, 0.15) is 0 Å². The molecule has 0 radical (unpaired) electrons. The van der Waals surface area contributed by atoms with E-state index in [0.29, 0.717) is 12.4 Å². The van der Waals surface area contributed by atoms with Crippen LogP contribution in [-0.2, 0) is 14.9 Å². The van der Waals surface area contributed by atoms with Crippen molar-refractivity contribution in [2.45, 2.75) is 109 Å². The van der Waals surface area contributed by atoms with Crippen molar-refractivity contribution in [1.29, 1.82) is 0 Å². The summed E-state index contributed by atoms with van der Waals surface area (Å²) in [5, 5.41) is 3.41. The second kappa shape index (κ2) is 19.2. The average Bonchev–Trinajstić information content (AvgIpc) is 2.61. The number of hydrogen-bond acceptors (Lipinski definition) is 4. The molecule has 0 aromatic carbocycles. The standard InChI is InChI=1S/C20H41NO.CH4O3S/c1-2-3-4-5-6-7-8-9-10-11-12-13-14-15-16-20-19-21-17-18-22-20;1-5(2,3)4/h20-21H,2-19H2,1H3;1H3,(H,2,3,4). The van der Waals surface area contributed by atoms with Crippen molar-refractivity contribution in [2.75, 3.05) is 26.0 Å². The molecule has 0 spiro atoms. The summed E-state index contributed by atoms with van der Waals surface area (Å²) in [6.07, 6.45) is 22.6. The molecule has 1 heterocycles. The van der Waals surface area contributed by atoms with Gasteiger partial charge in [0.2, 0.25) is 0 Å². The predicted molar refractivity (Wildman–Crippen MR) is 115 cm³/mol. The number of morpholine rings is 1. The second-order valence-electron chi connectivity index (χ2n) is 7.81. The highest BCUT2D eigenvalue weighted by molar-refractivity contribution is 7.85. The largest absolute Gasteiger partial charge is 0.376 e. The fraction of sp³-hybridized carbons (Fsp3) is 1.00. The van der Waals surface area contributed by atoms with Gasteiger partial charge in [-0.15, -0.1) is 0 Å². The molecule has 1 atom stereocenters. The van der Waals surface area contributed by atoms with Gasteiger partial charge in [-0.05, 0) is 6.42 Å². The molecular weight excluding hydrogens is 362 g/mol. The van der Waals surface area contributed by atoms with Crippen LogP contribution in [0.2, 0.25) is 0 Å². The van der Waals surface area contributed by atoms with Crippen LogP contribution in [0.25, 0.3) is 0 Å². The van der Waals surface area contributed by atoms with Gasteiger partial charge in [-0.3, -0.25) is 4.55 Å². The van der Waals surface area contributed by atoms with Crippen molar-refractivity contribution >= 4 is 10.1 Å². The SMILES string of the molecule is CCCCCCCCCCCCCCCCC1CNCCO1.CS(=O)(=O)O. The van der Waals surface area contributed by atoms with Gasteiger partial charge < -0.3 is 10.1 Å². The molecule has 1 fully saturated rings. The maximum atomic E-state index is 9.19. The zero-order valence-corrected chi connectivity index (χ0v) is 18.7. The minimum atomic E-state index is -3.67. The monoisotopic (exact) mass is 407 g/mol. The Morgan fingerprint density at radius 2 is 1.26 bits per heavy atom. The molecule has 1 saturated heterocycles. The lowest BCUT2D eigenvalue weighted by atomic mass is 10.0. The van der Waals surface area contributed by atoms with E-state index in [9.17, 15) is 8.42 Å². The molecule has 5 nitrogen and oxygen atoms in total. The first-order valence-electron chi connectivity index (χ1n) is 11.2. The van der Waals surface area contributed by atoms with E-state index < -0.39 is 10.1 Å². The van der Waals surface area contributed by atoms with Crippen LogP contribution in [0.1, 0.15) is 103 Å². The van der Waals surface area contributed by atoms with E-state index >= 15 is 0 Å². The highest BCUT2D eigenvalue weighted by atomic mass is 32.2. The Morgan fingerprint density at radius 1 is 0.852 bits per heavy atom. The summed E-state index contributed by atoms with van der Waals surface area (Å²) in [7, 11) is -3.67. The van der Waals surface area contributed by atoms with Gasteiger partial charge >= 0.3 is 0 Å². The van der Waals surface area contributed by atoms with Crippen LogP contribution in [-0.4, -0.2) is 45.0 Å². The Balaban J connectivity index is 0.00000119. The normalized spacial score (nSPS) is 17.4. The number of rotatable bonds is 15. The van der Waals surface area contributed by atoms with Crippen molar-refractivity contribution in [3.05, 3.63) is 0 Å².